The molecule has 0 unspecified atom stereocenters. The molecule has 0 N–H and O–H groups in total. The van der Waals surface area contributed by atoms with E-state index in [0.29, 0.717) is 5.02 Å². The third kappa shape index (κ3) is 3.48. The quantitative estimate of drug-likeness (QED) is 0.638. The Kier molecular flexibility index (Phi) is 4.32. The van der Waals surface area contributed by atoms with Gasteiger partial charge in [-0.25, -0.2) is 4.98 Å². The minimum absolute atomic E-state index is 0.104. The van der Waals surface area contributed by atoms with Crippen molar-refractivity contribution in [3.63, 3.8) is 0 Å². The second-order valence-electron chi connectivity index (χ2n) is 3.66. The maximum Gasteiger partial charge on any atom is 0.419 e. The van der Waals surface area contributed by atoms with Gasteiger partial charge in [0.2, 0.25) is 5.88 Å². The van der Waals surface area contributed by atoms with Crippen LogP contribution in [-0.2, 0) is 6.18 Å². The number of rotatable bonds is 2. The molecule has 0 amide bonds. The van der Waals surface area contributed by atoms with Gasteiger partial charge in [-0.15, -0.1) is 0 Å². The Morgan fingerprint density at radius 2 is 1.70 bits per heavy atom. The molecule has 2 rings (SSSR count). The van der Waals surface area contributed by atoms with Crippen LogP contribution in [0.4, 0.5) is 13.2 Å². The number of aromatic nitrogens is 1. The summed E-state index contributed by atoms with van der Waals surface area (Å²) >= 11 is 17.1. The average Bonchev–Trinajstić information content (AvgIpc) is 2.31. The molecule has 2 aromatic rings. The number of hydrogen-bond acceptors (Lipinski definition) is 2. The molecule has 0 saturated carbocycles. The largest absolute Gasteiger partial charge is 0.437 e. The summed E-state index contributed by atoms with van der Waals surface area (Å²) in [4.78, 5) is 3.53. The van der Waals surface area contributed by atoms with Crippen LogP contribution in [0.2, 0.25) is 15.2 Å². The van der Waals surface area contributed by atoms with Crippen LogP contribution in [0.5, 0.6) is 11.6 Å². The molecule has 2 nitrogen and oxygen atoms in total. The molecule has 20 heavy (non-hydrogen) atoms. The van der Waals surface area contributed by atoms with E-state index in [1.165, 1.54) is 18.2 Å². The summed E-state index contributed by atoms with van der Waals surface area (Å²) in [5.41, 5.74) is -1.03. The van der Waals surface area contributed by atoms with Gasteiger partial charge in [0.1, 0.15) is 10.9 Å². The molecule has 1 aromatic heterocycles. The summed E-state index contributed by atoms with van der Waals surface area (Å²) in [5.74, 6) is 0.103. The van der Waals surface area contributed by atoms with Gasteiger partial charge in [0.15, 0.2) is 0 Å². The number of ether oxygens (including phenoxy) is 1. The topological polar surface area (TPSA) is 22.1 Å². The molecule has 1 aromatic carbocycles. The average molecular weight is 343 g/mol. The number of hydrogen-bond donors (Lipinski definition) is 0. The number of benzene rings is 1. The van der Waals surface area contributed by atoms with Crippen molar-refractivity contribution in [1.29, 1.82) is 0 Å². The first-order valence-electron chi connectivity index (χ1n) is 5.14. The summed E-state index contributed by atoms with van der Waals surface area (Å²) < 4.78 is 42.8. The van der Waals surface area contributed by atoms with Crippen molar-refractivity contribution in [2.24, 2.45) is 0 Å². The smallest absolute Gasteiger partial charge is 0.419 e. The van der Waals surface area contributed by atoms with Crippen LogP contribution in [-0.4, -0.2) is 4.98 Å². The van der Waals surface area contributed by atoms with E-state index in [9.17, 15) is 13.2 Å². The Hall–Kier alpha value is -1.17. The fourth-order valence-corrected chi connectivity index (χ4v) is 2.06. The van der Waals surface area contributed by atoms with Gasteiger partial charge < -0.3 is 4.74 Å². The summed E-state index contributed by atoms with van der Waals surface area (Å²) in [7, 11) is 0. The molecule has 0 aliphatic heterocycles. The maximum atomic E-state index is 12.5. The Morgan fingerprint density at radius 3 is 2.25 bits per heavy atom. The van der Waals surface area contributed by atoms with E-state index in [0.717, 1.165) is 12.1 Å². The number of pyridine rings is 1. The van der Waals surface area contributed by atoms with E-state index in [-0.39, 0.29) is 16.7 Å². The molecule has 0 radical (unpaired) electrons. The molecule has 0 saturated heterocycles. The predicted octanol–water partition coefficient (Wildman–Crippen LogP) is 5.85. The minimum Gasteiger partial charge on any atom is -0.437 e. The monoisotopic (exact) mass is 341 g/mol. The first-order chi connectivity index (χ1) is 9.27. The summed E-state index contributed by atoms with van der Waals surface area (Å²) in [6.07, 6.45) is -4.57. The van der Waals surface area contributed by atoms with E-state index < -0.39 is 16.9 Å². The maximum absolute atomic E-state index is 12.5. The molecule has 1 heterocycles. The lowest BCUT2D eigenvalue weighted by Gasteiger charge is -2.10. The summed E-state index contributed by atoms with van der Waals surface area (Å²) in [6.45, 7) is 0. The van der Waals surface area contributed by atoms with Crippen LogP contribution in [0, 0.1) is 0 Å². The van der Waals surface area contributed by atoms with Gasteiger partial charge in [-0.1, -0.05) is 34.8 Å². The SMILES string of the molecule is FC(F)(F)c1ccc(Oc2ccc(Cl)cc2Cl)nc1Cl. The summed E-state index contributed by atoms with van der Waals surface area (Å²) in [5, 5.41) is -0.0869. The Bertz CT molecular complexity index is 646. The van der Waals surface area contributed by atoms with Crippen molar-refractivity contribution < 1.29 is 17.9 Å². The van der Waals surface area contributed by atoms with Crippen LogP contribution in [0.3, 0.4) is 0 Å². The van der Waals surface area contributed by atoms with Crippen LogP contribution < -0.4 is 4.74 Å². The van der Waals surface area contributed by atoms with Crippen LogP contribution >= 0.6 is 34.8 Å². The molecule has 0 aliphatic carbocycles. The van der Waals surface area contributed by atoms with E-state index in [4.69, 9.17) is 39.5 Å². The lowest BCUT2D eigenvalue weighted by atomic mass is 10.3. The molecule has 0 fully saturated rings. The highest BCUT2D eigenvalue weighted by Crippen LogP contribution is 2.36. The third-order valence-electron chi connectivity index (χ3n) is 2.24. The molecular weight excluding hydrogens is 337 g/mol. The number of halogens is 6. The minimum atomic E-state index is -4.57. The highest BCUT2D eigenvalue weighted by molar-refractivity contribution is 6.35. The fourth-order valence-electron chi connectivity index (χ4n) is 1.36. The highest BCUT2D eigenvalue weighted by Gasteiger charge is 2.34. The van der Waals surface area contributed by atoms with E-state index in [2.05, 4.69) is 4.98 Å². The second-order valence-corrected chi connectivity index (χ2v) is 4.86. The molecule has 0 atom stereocenters. The van der Waals surface area contributed by atoms with Crippen molar-refractivity contribution >= 4 is 34.8 Å². The van der Waals surface area contributed by atoms with E-state index >= 15 is 0 Å². The van der Waals surface area contributed by atoms with Crippen LogP contribution in [0.15, 0.2) is 30.3 Å². The first-order valence-corrected chi connectivity index (χ1v) is 6.27. The molecule has 0 spiro atoms. The van der Waals surface area contributed by atoms with E-state index in [1.807, 2.05) is 0 Å². The Labute approximate surface area is 127 Å². The van der Waals surface area contributed by atoms with Gasteiger partial charge in [0.05, 0.1) is 10.6 Å². The predicted molar refractivity (Wildman–Crippen MR) is 70.8 cm³/mol. The van der Waals surface area contributed by atoms with Gasteiger partial charge in [-0.2, -0.15) is 13.2 Å². The van der Waals surface area contributed by atoms with Crippen molar-refractivity contribution in [2.75, 3.05) is 0 Å². The van der Waals surface area contributed by atoms with Gasteiger partial charge in [0.25, 0.3) is 0 Å². The highest BCUT2D eigenvalue weighted by atomic mass is 35.5. The fraction of sp³-hybridized carbons (Fsp3) is 0.0833. The Morgan fingerprint density at radius 1 is 1.00 bits per heavy atom. The first kappa shape index (κ1) is 15.2. The van der Waals surface area contributed by atoms with Crippen molar-refractivity contribution in [2.45, 2.75) is 6.18 Å². The van der Waals surface area contributed by atoms with Gasteiger partial charge in [-0.3, -0.25) is 0 Å². The third-order valence-corrected chi connectivity index (χ3v) is 3.06. The van der Waals surface area contributed by atoms with Crippen molar-refractivity contribution in [3.8, 4) is 11.6 Å². The lowest BCUT2D eigenvalue weighted by Crippen LogP contribution is -2.07. The van der Waals surface area contributed by atoms with Gasteiger partial charge in [0, 0.05) is 11.1 Å². The zero-order valence-electron chi connectivity index (χ0n) is 9.51. The molecule has 0 aliphatic rings. The molecular formula is C12H5Cl3F3NO. The second kappa shape index (κ2) is 5.68. The van der Waals surface area contributed by atoms with Gasteiger partial charge in [-0.05, 0) is 24.3 Å². The lowest BCUT2D eigenvalue weighted by molar-refractivity contribution is -0.137. The normalized spacial score (nSPS) is 11.5. The zero-order chi connectivity index (χ0) is 14.9. The zero-order valence-corrected chi connectivity index (χ0v) is 11.8. The Balaban J connectivity index is 2.29. The van der Waals surface area contributed by atoms with Crippen LogP contribution in [0.25, 0.3) is 0 Å². The summed E-state index contributed by atoms with van der Waals surface area (Å²) in [6, 6.07) is 6.27. The number of nitrogens with zero attached hydrogens (tertiary/aromatic N) is 1. The number of alkyl halides is 3. The van der Waals surface area contributed by atoms with E-state index in [1.54, 1.807) is 0 Å². The van der Waals surface area contributed by atoms with Crippen LogP contribution in [0.1, 0.15) is 5.56 Å². The van der Waals surface area contributed by atoms with Crippen molar-refractivity contribution in [3.05, 3.63) is 51.1 Å². The van der Waals surface area contributed by atoms with Crippen molar-refractivity contribution in [1.82, 2.24) is 4.98 Å². The molecule has 8 heteroatoms. The van der Waals surface area contributed by atoms with Gasteiger partial charge >= 0.3 is 6.18 Å². The molecule has 0 bridgehead atoms. The standard InChI is InChI=1S/C12H5Cl3F3NO/c13-6-1-3-9(8(14)5-6)20-10-4-2-7(11(15)19-10)12(16,17)18/h1-5H. The molecule has 106 valence electrons.